The number of nitrogens with zero attached hydrogens (tertiary/aromatic N) is 2. The highest BCUT2D eigenvalue weighted by atomic mass is 79.9. The van der Waals surface area contributed by atoms with Crippen molar-refractivity contribution in [2.24, 2.45) is 0 Å². The van der Waals surface area contributed by atoms with Gasteiger partial charge in [0.1, 0.15) is 6.04 Å². The van der Waals surface area contributed by atoms with E-state index in [4.69, 9.17) is 0 Å². The first-order valence-electron chi connectivity index (χ1n) is 5.27. The zero-order chi connectivity index (χ0) is 13.2. The number of nitrogens with one attached hydrogen (secondary N) is 1. The van der Waals surface area contributed by atoms with E-state index in [1.54, 1.807) is 11.6 Å². The Morgan fingerprint density at radius 1 is 1.47 bits per heavy atom. The van der Waals surface area contributed by atoms with Crippen LogP contribution in [0.25, 0.3) is 0 Å². The van der Waals surface area contributed by atoms with Crippen LogP contribution in [0.2, 0.25) is 0 Å². The molecular formula is C10H15BrF3N3. The summed E-state index contributed by atoms with van der Waals surface area (Å²) < 4.78 is 40.3. The maximum atomic E-state index is 12.7. The molecule has 1 rings (SSSR count). The van der Waals surface area contributed by atoms with E-state index in [1.807, 2.05) is 6.92 Å². The van der Waals surface area contributed by atoms with Gasteiger partial charge in [0, 0.05) is 13.0 Å². The highest BCUT2D eigenvalue weighted by Gasteiger charge is 2.39. The molecule has 0 fully saturated rings. The Bertz CT molecular complexity index is 387. The lowest BCUT2D eigenvalue weighted by molar-refractivity contribution is -0.154. The molecule has 7 heteroatoms. The smallest absolute Gasteiger partial charge is 0.309 e. The van der Waals surface area contributed by atoms with Gasteiger partial charge in [0.15, 0.2) is 0 Å². The van der Waals surface area contributed by atoms with Gasteiger partial charge in [-0.05, 0) is 36.8 Å². The van der Waals surface area contributed by atoms with Crippen LogP contribution in [0.15, 0.2) is 4.47 Å². The van der Waals surface area contributed by atoms with Gasteiger partial charge >= 0.3 is 6.18 Å². The lowest BCUT2D eigenvalue weighted by Crippen LogP contribution is -2.42. The summed E-state index contributed by atoms with van der Waals surface area (Å²) in [6.07, 6.45) is -4.39. The van der Waals surface area contributed by atoms with Gasteiger partial charge in [0.05, 0.1) is 15.9 Å². The molecule has 3 nitrogen and oxygen atoms in total. The van der Waals surface area contributed by atoms with E-state index < -0.39 is 12.2 Å². The SMILES string of the molecule is CCn1nc(C)c(Br)c1CC(NC)C(F)(F)F. The average Bonchev–Trinajstić information content (AvgIpc) is 2.50. The molecule has 17 heavy (non-hydrogen) atoms. The summed E-state index contributed by atoms with van der Waals surface area (Å²) in [7, 11) is 1.31. The second-order valence-corrected chi connectivity index (χ2v) is 4.54. The Labute approximate surface area is 107 Å². The molecular weight excluding hydrogens is 299 g/mol. The highest BCUT2D eigenvalue weighted by molar-refractivity contribution is 9.10. The lowest BCUT2D eigenvalue weighted by atomic mass is 10.1. The third-order valence-electron chi connectivity index (χ3n) is 2.59. The van der Waals surface area contributed by atoms with Crippen LogP contribution in [-0.4, -0.2) is 29.0 Å². The Morgan fingerprint density at radius 2 is 2.06 bits per heavy atom. The van der Waals surface area contributed by atoms with Gasteiger partial charge in [-0.3, -0.25) is 4.68 Å². The number of halogens is 4. The molecule has 0 aliphatic carbocycles. The second-order valence-electron chi connectivity index (χ2n) is 3.75. The summed E-state index contributed by atoms with van der Waals surface area (Å²) in [4.78, 5) is 0. The minimum absolute atomic E-state index is 0.130. The first-order valence-corrected chi connectivity index (χ1v) is 6.06. The Hall–Kier alpha value is -0.560. The molecule has 0 bridgehead atoms. The normalized spacial score (nSPS) is 14.1. The van der Waals surface area contributed by atoms with E-state index in [2.05, 4.69) is 26.3 Å². The van der Waals surface area contributed by atoms with E-state index in [0.29, 0.717) is 22.4 Å². The van der Waals surface area contributed by atoms with Crippen LogP contribution >= 0.6 is 15.9 Å². The van der Waals surface area contributed by atoms with Crippen molar-refractivity contribution in [3.63, 3.8) is 0 Å². The van der Waals surface area contributed by atoms with Crippen molar-refractivity contribution in [1.82, 2.24) is 15.1 Å². The predicted molar refractivity (Wildman–Crippen MR) is 62.9 cm³/mol. The van der Waals surface area contributed by atoms with Gasteiger partial charge < -0.3 is 5.32 Å². The molecule has 0 aromatic carbocycles. The molecule has 1 aromatic rings. The van der Waals surface area contributed by atoms with E-state index in [0.717, 1.165) is 0 Å². The summed E-state index contributed by atoms with van der Waals surface area (Å²) in [6.45, 7) is 4.17. The van der Waals surface area contributed by atoms with Crippen LogP contribution in [0, 0.1) is 6.92 Å². The van der Waals surface area contributed by atoms with Crippen molar-refractivity contribution in [3.8, 4) is 0 Å². The van der Waals surface area contributed by atoms with Gasteiger partial charge in [-0.25, -0.2) is 0 Å². The fourth-order valence-electron chi connectivity index (χ4n) is 1.64. The highest BCUT2D eigenvalue weighted by Crippen LogP contribution is 2.27. The van der Waals surface area contributed by atoms with Crippen LogP contribution in [0.1, 0.15) is 18.3 Å². The Morgan fingerprint density at radius 3 is 2.47 bits per heavy atom. The van der Waals surface area contributed by atoms with E-state index in [9.17, 15) is 13.2 Å². The first-order chi connectivity index (χ1) is 7.81. The third kappa shape index (κ3) is 3.22. The topological polar surface area (TPSA) is 29.9 Å². The fourth-order valence-corrected chi connectivity index (χ4v) is 2.08. The molecule has 0 spiro atoms. The molecule has 0 saturated heterocycles. The van der Waals surface area contributed by atoms with Gasteiger partial charge in [0.2, 0.25) is 0 Å². The zero-order valence-corrected chi connectivity index (χ0v) is 11.5. The van der Waals surface area contributed by atoms with Crippen molar-refractivity contribution in [2.75, 3.05) is 7.05 Å². The van der Waals surface area contributed by atoms with Gasteiger partial charge in [-0.15, -0.1) is 0 Å². The summed E-state index contributed by atoms with van der Waals surface area (Å²) >= 11 is 3.29. The van der Waals surface area contributed by atoms with Crippen molar-refractivity contribution >= 4 is 15.9 Å². The van der Waals surface area contributed by atoms with Gasteiger partial charge in [0.25, 0.3) is 0 Å². The maximum Gasteiger partial charge on any atom is 0.404 e. The quantitative estimate of drug-likeness (QED) is 0.926. The molecule has 1 heterocycles. The average molecular weight is 314 g/mol. The Kier molecular flexibility index (Phi) is 4.60. The number of rotatable bonds is 4. The van der Waals surface area contributed by atoms with Crippen molar-refractivity contribution < 1.29 is 13.2 Å². The van der Waals surface area contributed by atoms with Crippen molar-refractivity contribution in [1.29, 1.82) is 0 Å². The molecule has 1 N–H and O–H groups in total. The predicted octanol–water partition coefficient (Wildman–Crippen LogP) is 2.67. The van der Waals surface area contributed by atoms with Gasteiger partial charge in [-0.2, -0.15) is 18.3 Å². The molecule has 1 atom stereocenters. The molecule has 0 radical (unpaired) electrons. The molecule has 0 aliphatic heterocycles. The van der Waals surface area contributed by atoms with Crippen LogP contribution in [-0.2, 0) is 13.0 Å². The molecule has 1 aromatic heterocycles. The Balaban J connectivity index is 3.01. The largest absolute Gasteiger partial charge is 0.404 e. The van der Waals surface area contributed by atoms with Crippen LogP contribution in [0.3, 0.4) is 0 Å². The summed E-state index contributed by atoms with van der Waals surface area (Å²) in [5.41, 5.74) is 1.28. The minimum Gasteiger partial charge on any atom is -0.309 e. The molecule has 1 unspecified atom stereocenters. The van der Waals surface area contributed by atoms with E-state index in [1.165, 1.54) is 7.05 Å². The number of aryl methyl sites for hydroxylation is 2. The van der Waals surface area contributed by atoms with Crippen LogP contribution in [0.5, 0.6) is 0 Å². The molecule has 0 amide bonds. The summed E-state index contributed by atoms with van der Waals surface area (Å²) in [5, 5.41) is 6.46. The van der Waals surface area contributed by atoms with Crippen LogP contribution < -0.4 is 5.32 Å². The monoisotopic (exact) mass is 313 g/mol. The zero-order valence-electron chi connectivity index (χ0n) is 9.90. The third-order valence-corrected chi connectivity index (χ3v) is 3.63. The number of hydrogen-bond acceptors (Lipinski definition) is 2. The lowest BCUT2D eigenvalue weighted by Gasteiger charge is -2.20. The second kappa shape index (κ2) is 5.39. The number of hydrogen-bond donors (Lipinski definition) is 1. The number of alkyl halides is 3. The standard InChI is InChI=1S/C10H15BrF3N3/c1-4-17-7(9(11)6(2)16-17)5-8(15-3)10(12,13)14/h8,15H,4-5H2,1-3H3. The van der Waals surface area contributed by atoms with Gasteiger partial charge in [-0.1, -0.05) is 0 Å². The fraction of sp³-hybridized carbons (Fsp3) is 0.700. The molecule has 0 saturated carbocycles. The first kappa shape index (κ1) is 14.5. The summed E-state index contributed by atoms with van der Waals surface area (Å²) in [6, 6.07) is -1.56. The van der Waals surface area contributed by atoms with Crippen LogP contribution in [0.4, 0.5) is 13.2 Å². The van der Waals surface area contributed by atoms with Crippen molar-refractivity contribution in [3.05, 3.63) is 15.9 Å². The number of likely N-dealkylation sites (N-methyl/N-ethyl adjacent to an activating group) is 1. The maximum absolute atomic E-state index is 12.7. The van der Waals surface area contributed by atoms with E-state index in [-0.39, 0.29) is 6.42 Å². The van der Waals surface area contributed by atoms with Crippen molar-refractivity contribution in [2.45, 2.75) is 39.0 Å². The minimum atomic E-state index is -4.26. The molecule has 0 aliphatic rings. The number of aromatic nitrogens is 2. The molecule has 98 valence electrons. The van der Waals surface area contributed by atoms with E-state index >= 15 is 0 Å². The summed E-state index contributed by atoms with van der Waals surface area (Å²) in [5.74, 6) is 0.